The number of nitrogens with zero attached hydrogens (tertiary/aromatic N) is 3. The highest BCUT2D eigenvalue weighted by molar-refractivity contribution is 5.90. The van der Waals surface area contributed by atoms with Crippen LogP contribution in [-0.2, 0) is 0 Å². The van der Waals surface area contributed by atoms with Gasteiger partial charge in [0.15, 0.2) is 0 Å². The van der Waals surface area contributed by atoms with Gasteiger partial charge in [-0.05, 0) is 45.5 Å². The Hall–Kier alpha value is -1.88. The number of hydrogen-bond donors (Lipinski definition) is 2. The Morgan fingerprint density at radius 1 is 1.24 bits per heavy atom. The third-order valence-corrected chi connectivity index (χ3v) is 4.11. The first-order valence-electron chi connectivity index (χ1n) is 7.72. The maximum atomic E-state index is 4.62. The molecule has 0 saturated carbocycles. The fourth-order valence-corrected chi connectivity index (χ4v) is 2.90. The number of nitrogens with one attached hydrogen (secondary N) is 2. The van der Waals surface area contributed by atoms with Gasteiger partial charge in [-0.1, -0.05) is 12.1 Å². The van der Waals surface area contributed by atoms with Crippen LogP contribution in [0.4, 0.5) is 11.8 Å². The molecule has 5 heteroatoms. The van der Waals surface area contributed by atoms with Gasteiger partial charge in [0, 0.05) is 24.5 Å². The Morgan fingerprint density at radius 2 is 2.10 bits per heavy atom. The van der Waals surface area contributed by atoms with E-state index in [4.69, 9.17) is 0 Å². The molecule has 1 unspecified atom stereocenters. The zero-order chi connectivity index (χ0) is 14.7. The molecule has 0 amide bonds. The number of likely N-dealkylation sites (N-methyl/N-ethyl adjacent to an activating group) is 1. The predicted octanol–water partition coefficient (Wildman–Crippen LogP) is 2.57. The van der Waals surface area contributed by atoms with Gasteiger partial charge in [-0.2, -0.15) is 4.98 Å². The molecular weight excluding hydrogens is 262 g/mol. The monoisotopic (exact) mass is 285 g/mol. The van der Waals surface area contributed by atoms with Crippen molar-refractivity contribution in [2.45, 2.75) is 25.8 Å². The second-order valence-electron chi connectivity index (χ2n) is 5.60. The molecule has 2 N–H and O–H groups in total. The summed E-state index contributed by atoms with van der Waals surface area (Å²) in [6, 6.07) is 8.75. The van der Waals surface area contributed by atoms with Crippen LogP contribution in [0.15, 0.2) is 24.3 Å². The van der Waals surface area contributed by atoms with Crippen molar-refractivity contribution in [2.75, 3.05) is 37.3 Å². The molecule has 21 heavy (non-hydrogen) atoms. The van der Waals surface area contributed by atoms with Crippen LogP contribution < -0.4 is 10.6 Å². The SMILES string of the molecule is CCNc1nc(NCC2CCCN2C)c2ccccc2n1. The first-order chi connectivity index (χ1) is 10.3. The standard InChI is InChI=1S/C16H23N5/c1-3-17-16-19-14-9-5-4-8-13(14)15(20-16)18-11-12-7-6-10-21(12)2/h4-5,8-9,12H,3,6-7,10-11H2,1-2H3,(H2,17,18,19,20). The summed E-state index contributed by atoms with van der Waals surface area (Å²) in [4.78, 5) is 11.6. The molecule has 3 rings (SSSR count). The van der Waals surface area contributed by atoms with Crippen LogP contribution in [-0.4, -0.2) is 47.6 Å². The first kappa shape index (κ1) is 14.1. The Balaban J connectivity index is 1.85. The van der Waals surface area contributed by atoms with E-state index in [1.54, 1.807) is 0 Å². The number of rotatable bonds is 5. The largest absolute Gasteiger partial charge is 0.368 e. The molecule has 0 radical (unpaired) electrons. The van der Waals surface area contributed by atoms with E-state index in [0.717, 1.165) is 29.8 Å². The van der Waals surface area contributed by atoms with Gasteiger partial charge >= 0.3 is 0 Å². The number of aromatic nitrogens is 2. The third kappa shape index (κ3) is 3.08. The fraction of sp³-hybridized carbons (Fsp3) is 0.500. The zero-order valence-electron chi connectivity index (χ0n) is 12.8. The highest BCUT2D eigenvalue weighted by Crippen LogP contribution is 2.23. The summed E-state index contributed by atoms with van der Waals surface area (Å²) in [5.74, 6) is 1.62. The summed E-state index contributed by atoms with van der Waals surface area (Å²) in [6.45, 7) is 5.00. The Labute approximate surface area is 125 Å². The van der Waals surface area contributed by atoms with Crippen molar-refractivity contribution in [3.63, 3.8) is 0 Å². The van der Waals surface area contributed by atoms with Crippen molar-refractivity contribution in [2.24, 2.45) is 0 Å². The summed E-state index contributed by atoms with van der Waals surface area (Å²) in [5.41, 5.74) is 0.978. The zero-order valence-corrected chi connectivity index (χ0v) is 12.8. The highest BCUT2D eigenvalue weighted by Gasteiger charge is 2.20. The molecule has 1 saturated heterocycles. The van der Waals surface area contributed by atoms with Crippen LogP contribution >= 0.6 is 0 Å². The fourth-order valence-electron chi connectivity index (χ4n) is 2.90. The van der Waals surface area contributed by atoms with Crippen LogP contribution in [0.3, 0.4) is 0 Å². The van der Waals surface area contributed by atoms with Gasteiger partial charge < -0.3 is 15.5 Å². The maximum Gasteiger partial charge on any atom is 0.225 e. The number of likely N-dealkylation sites (tertiary alicyclic amines) is 1. The molecule has 112 valence electrons. The number of benzene rings is 1. The van der Waals surface area contributed by atoms with Crippen LogP contribution in [0.5, 0.6) is 0 Å². The van der Waals surface area contributed by atoms with E-state index in [0.29, 0.717) is 12.0 Å². The minimum absolute atomic E-state index is 0.598. The van der Waals surface area contributed by atoms with Gasteiger partial charge in [0.1, 0.15) is 5.82 Å². The lowest BCUT2D eigenvalue weighted by atomic mass is 10.2. The van der Waals surface area contributed by atoms with Gasteiger partial charge in [0.2, 0.25) is 5.95 Å². The van der Waals surface area contributed by atoms with Gasteiger partial charge in [-0.3, -0.25) is 0 Å². The van der Waals surface area contributed by atoms with Gasteiger partial charge in [-0.15, -0.1) is 0 Å². The summed E-state index contributed by atoms with van der Waals surface area (Å²) in [5, 5.41) is 7.81. The number of hydrogen-bond acceptors (Lipinski definition) is 5. The quantitative estimate of drug-likeness (QED) is 0.884. The van der Waals surface area contributed by atoms with Crippen LogP contribution in [0.25, 0.3) is 10.9 Å². The lowest BCUT2D eigenvalue weighted by Crippen LogP contribution is -2.31. The lowest BCUT2D eigenvalue weighted by Gasteiger charge is -2.20. The second-order valence-corrected chi connectivity index (χ2v) is 5.60. The van der Waals surface area contributed by atoms with E-state index >= 15 is 0 Å². The summed E-state index contributed by atoms with van der Waals surface area (Å²) in [7, 11) is 2.20. The van der Waals surface area contributed by atoms with Crippen LogP contribution in [0.1, 0.15) is 19.8 Å². The first-order valence-corrected chi connectivity index (χ1v) is 7.72. The molecule has 2 heterocycles. The van der Waals surface area contributed by atoms with Crippen molar-refractivity contribution in [3.8, 4) is 0 Å². The Morgan fingerprint density at radius 3 is 2.86 bits per heavy atom. The van der Waals surface area contributed by atoms with Crippen molar-refractivity contribution >= 4 is 22.7 Å². The molecule has 0 spiro atoms. The smallest absolute Gasteiger partial charge is 0.225 e. The summed E-state index contributed by atoms with van der Waals surface area (Å²) < 4.78 is 0. The normalized spacial score (nSPS) is 19.0. The highest BCUT2D eigenvalue weighted by atomic mass is 15.2. The number of anilines is 2. The average molecular weight is 285 g/mol. The summed E-state index contributed by atoms with van der Waals surface area (Å²) in [6.07, 6.45) is 2.54. The molecular formula is C16H23N5. The molecule has 0 bridgehead atoms. The minimum atomic E-state index is 0.598. The summed E-state index contributed by atoms with van der Waals surface area (Å²) >= 11 is 0. The minimum Gasteiger partial charge on any atom is -0.368 e. The van der Waals surface area contributed by atoms with Crippen molar-refractivity contribution in [3.05, 3.63) is 24.3 Å². The van der Waals surface area contributed by atoms with E-state index in [2.05, 4.69) is 45.5 Å². The van der Waals surface area contributed by atoms with Gasteiger partial charge in [0.05, 0.1) is 5.52 Å². The van der Waals surface area contributed by atoms with E-state index in [9.17, 15) is 0 Å². The van der Waals surface area contributed by atoms with Crippen LogP contribution in [0.2, 0.25) is 0 Å². The topological polar surface area (TPSA) is 53.1 Å². The maximum absolute atomic E-state index is 4.62. The van der Waals surface area contributed by atoms with Gasteiger partial charge in [0.25, 0.3) is 0 Å². The number of fused-ring (bicyclic) bond motifs is 1. The molecule has 5 nitrogen and oxygen atoms in total. The van der Waals surface area contributed by atoms with E-state index in [-0.39, 0.29) is 0 Å². The second kappa shape index (κ2) is 6.26. The molecule has 2 aromatic rings. The van der Waals surface area contributed by atoms with Crippen LogP contribution in [0, 0.1) is 0 Å². The van der Waals surface area contributed by atoms with Crippen molar-refractivity contribution < 1.29 is 0 Å². The molecule has 1 atom stereocenters. The average Bonchev–Trinajstić information content (AvgIpc) is 2.90. The number of para-hydroxylation sites is 1. The Bertz CT molecular complexity index is 613. The van der Waals surface area contributed by atoms with Crippen molar-refractivity contribution in [1.29, 1.82) is 0 Å². The molecule has 0 aliphatic carbocycles. The predicted molar refractivity (Wildman–Crippen MR) is 87.8 cm³/mol. The third-order valence-electron chi connectivity index (χ3n) is 4.11. The van der Waals surface area contributed by atoms with E-state index in [1.807, 2.05) is 18.2 Å². The lowest BCUT2D eigenvalue weighted by molar-refractivity contribution is 0.322. The van der Waals surface area contributed by atoms with E-state index in [1.165, 1.54) is 19.4 Å². The van der Waals surface area contributed by atoms with Crippen molar-refractivity contribution in [1.82, 2.24) is 14.9 Å². The molecule has 1 fully saturated rings. The Kier molecular flexibility index (Phi) is 4.20. The molecule has 1 aliphatic rings. The van der Waals surface area contributed by atoms with E-state index < -0.39 is 0 Å². The molecule has 1 aromatic heterocycles. The van der Waals surface area contributed by atoms with Gasteiger partial charge in [-0.25, -0.2) is 4.98 Å². The molecule has 1 aliphatic heterocycles. The molecule has 1 aromatic carbocycles.